The predicted octanol–water partition coefficient (Wildman–Crippen LogP) is 2.29. The third-order valence-corrected chi connectivity index (χ3v) is 4.73. The third-order valence-electron chi connectivity index (χ3n) is 4.73. The lowest BCUT2D eigenvalue weighted by atomic mass is 9.89. The molecule has 2 fully saturated rings. The highest BCUT2D eigenvalue weighted by Crippen LogP contribution is 2.32. The number of aliphatic carboxylic acids is 1. The fourth-order valence-electron chi connectivity index (χ4n) is 3.60. The van der Waals surface area contributed by atoms with Crippen LogP contribution in [0, 0.1) is 11.8 Å². The molecule has 0 aromatic heterocycles. The second-order valence-corrected chi connectivity index (χ2v) is 6.35. The minimum absolute atomic E-state index is 0.0608. The number of carbonyl (C=O) groups excluding carboxylic acids is 1. The maximum absolute atomic E-state index is 12.7. The number of hydrogen-bond donors (Lipinski definition) is 1. The van der Waals surface area contributed by atoms with E-state index in [9.17, 15) is 9.59 Å². The molecule has 1 saturated heterocycles. The van der Waals surface area contributed by atoms with E-state index in [0.29, 0.717) is 19.1 Å². The second-order valence-electron chi connectivity index (χ2n) is 6.35. The molecular weight excluding hydrogens is 270 g/mol. The maximum Gasteiger partial charge on any atom is 0.334 e. The number of rotatable bonds is 6. The Morgan fingerprint density at radius 2 is 2.05 bits per heavy atom. The van der Waals surface area contributed by atoms with Crippen molar-refractivity contribution < 1.29 is 19.4 Å². The molecule has 1 saturated carbocycles. The molecule has 0 aromatic carbocycles. The van der Waals surface area contributed by atoms with Crippen LogP contribution in [0.4, 0.5) is 0 Å². The Kier molecular flexibility index (Phi) is 6.03. The lowest BCUT2D eigenvalue weighted by Crippen LogP contribution is -2.50. The zero-order chi connectivity index (χ0) is 15.2. The number of nitrogens with zero attached hydrogens (tertiary/aromatic N) is 1. The van der Waals surface area contributed by atoms with Crippen molar-refractivity contribution in [2.45, 2.75) is 58.0 Å². The Morgan fingerprint density at radius 3 is 2.67 bits per heavy atom. The summed E-state index contributed by atoms with van der Waals surface area (Å²) in [5, 5.41) is 9.05. The van der Waals surface area contributed by atoms with Crippen LogP contribution in [-0.4, -0.2) is 47.7 Å². The summed E-state index contributed by atoms with van der Waals surface area (Å²) in [6, 6.07) is 0. The van der Waals surface area contributed by atoms with Crippen molar-refractivity contribution in [2.75, 3.05) is 19.7 Å². The van der Waals surface area contributed by atoms with Gasteiger partial charge in [-0.15, -0.1) is 0 Å². The summed E-state index contributed by atoms with van der Waals surface area (Å²) in [6.45, 7) is 3.14. The SMILES string of the molecule is CCCC(CC1CCCC1)C(=O)N1CCOC(C(=O)O)C1. The van der Waals surface area contributed by atoms with Gasteiger partial charge in [0.15, 0.2) is 6.10 Å². The van der Waals surface area contributed by atoms with E-state index in [0.717, 1.165) is 19.3 Å². The van der Waals surface area contributed by atoms with Crippen LogP contribution in [0.25, 0.3) is 0 Å². The largest absolute Gasteiger partial charge is 0.479 e. The maximum atomic E-state index is 12.7. The first-order chi connectivity index (χ1) is 10.1. The lowest BCUT2D eigenvalue weighted by Gasteiger charge is -2.34. The van der Waals surface area contributed by atoms with Gasteiger partial charge in [-0.25, -0.2) is 4.79 Å². The quantitative estimate of drug-likeness (QED) is 0.817. The first-order valence-corrected chi connectivity index (χ1v) is 8.25. The molecule has 2 atom stereocenters. The Morgan fingerprint density at radius 1 is 1.33 bits per heavy atom. The van der Waals surface area contributed by atoms with Gasteiger partial charge in [0.25, 0.3) is 0 Å². The molecule has 0 radical (unpaired) electrons. The standard InChI is InChI=1S/C16H27NO4/c1-2-5-13(10-12-6-3-4-7-12)15(18)17-8-9-21-14(11-17)16(19)20/h12-14H,2-11H2,1H3,(H,19,20). The summed E-state index contributed by atoms with van der Waals surface area (Å²) >= 11 is 0. The molecule has 120 valence electrons. The van der Waals surface area contributed by atoms with Gasteiger partial charge in [0.2, 0.25) is 5.91 Å². The van der Waals surface area contributed by atoms with Crippen LogP contribution in [0.1, 0.15) is 51.9 Å². The van der Waals surface area contributed by atoms with Gasteiger partial charge in [-0.1, -0.05) is 39.0 Å². The highest BCUT2D eigenvalue weighted by Gasteiger charge is 2.33. The summed E-state index contributed by atoms with van der Waals surface area (Å²) < 4.78 is 5.20. The number of carboxylic acid groups (broad SMARTS) is 1. The Labute approximate surface area is 126 Å². The van der Waals surface area contributed by atoms with E-state index >= 15 is 0 Å². The van der Waals surface area contributed by atoms with Gasteiger partial charge in [-0.05, 0) is 18.8 Å². The second kappa shape index (κ2) is 7.78. The smallest absolute Gasteiger partial charge is 0.334 e. The lowest BCUT2D eigenvalue weighted by molar-refractivity contribution is -0.160. The fourth-order valence-corrected chi connectivity index (χ4v) is 3.60. The molecule has 1 N–H and O–H groups in total. The number of hydrogen-bond acceptors (Lipinski definition) is 3. The number of morpholine rings is 1. The first-order valence-electron chi connectivity index (χ1n) is 8.25. The van der Waals surface area contributed by atoms with Gasteiger partial charge in [-0.3, -0.25) is 4.79 Å². The zero-order valence-electron chi connectivity index (χ0n) is 12.9. The average molecular weight is 297 g/mol. The Hall–Kier alpha value is -1.10. The van der Waals surface area contributed by atoms with Crippen LogP contribution in [0.2, 0.25) is 0 Å². The molecule has 0 bridgehead atoms. The molecule has 1 heterocycles. The van der Waals surface area contributed by atoms with E-state index in [4.69, 9.17) is 9.84 Å². The summed E-state index contributed by atoms with van der Waals surface area (Å²) in [5.41, 5.74) is 0. The normalized spacial score (nSPS) is 25.0. The van der Waals surface area contributed by atoms with Gasteiger partial charge in [0.05, 0.1) is 13.2 Å². The number of ether oxygens (including phenoxy) is 1. The van der Waals surface area contributed by atoms with Gasteiger partial charge in [0, 0.05) is 12.5 Å². The van der Waals surface area contributed by atoms with Crippen molar-refractivity contribution in [3.05, 3.63) is 0 Å². The molecule has 0 aromatic rings. The van der Waals surface area contributed by atoms with Crippen LogP contribution in [0.15, 0.2) is 0 Å². The molecule has 5 nitrogen and oxygen atoms in total. The van der Waals surface area contributed by atoms with Crippen molar-refractivity contribution in [2.24, 2.45) is 11.8 Å². The van der Waals surface area contributed by atoms with Gasteiger partial charge >= 0.3 is 5.97 Å². The zero-order valence-corrected chi connectivity index (χ0v) is 12.9. The highest BCUT2D eigenvalue weighted by molar-refractivity contribution is 5.80. The van der Waals surface area contributed by atoms with Crippen molar-refractivity contribution in [3.8, 4) is 0 Å². The van der Waals surface area contributed by atoms with Crippen molar-refractivity contribution in [1.29, 1.82) is 0 Å². The topological polar surface area (TPSA) is 66.8 Å². The minimum atomic E-state index is -0.977. The number of carboxylic acids is 1. The van der Waals surface area contributed by atoms with E-state index in [2.05, 4.69) is 6.92 Å². The van der Waals surface area contributed by atoms with Crippen LogP contribution in [-0.2, 0) is 14.3 Å². The molecule has 1 aliphatic heterocycles. The van der Waals surface area contributed by atoms with Crippen LogP contribution in [0.5, 0.6) is 0 Å². The third kappa shape index (κ3) is 4.43. The molecule has 2 rings (SSSR count). The van der Waals surface area contributed by atoms with E-state index in [-0.39, 0.29) is 18.4 Å². The van der Waals surface area contributed by atoms with Crippen molar-refractivity contribution in [1.82, 2.24) is 4.90 Å². The van der Waals surface area contributed by atoms with E-state index in [1.165, 1.54) is 25.7 Å². The summed E-state index contributed by atoms with van der Waals surface area (Å²) in [4.78, 5) is 25.5. The highest BCUT2D eigenvalue weighted by atomic mass is 16.5. The summed E-state index contributed by atoms with van der Waals surface area (Å²) in [5.74, 6) is -0.0962. The molecule has 2 aliphatic rings. The fraction of sp³-hybridized carbons (Fsp3) is 0.875. The Bertz CT molecular complexity index is 365. The molecule has 21 heavy (non-hydrogen) atoms. The monoisotopic (exact) mass is 297 g/mol. The number of amides is 1. The average Bonchev–Trinajstić information content (AvgIpc) is 2.99. The Balaban J connectivity index is 1.94. The summed E-state index contributed by atoms with van der Waals surface area (Å²) in [7, 11) is 0. The van der Waals surface area contributed by atoms with E-state index in [1.54, 1.807) is 4.90 Å². The van der Waals surface area contributed by atoms with E-state index in [1.807, 2.05) is 0 Å². The molecule has 2 unspecified atom stereocenters. The molecule has 0 spiro atoms. The number of carbonyl (C=O) groups is 2. The molecule has 1 aliphatic carbocycles. The van der Waals surface area contributed by atoms with Crippen LogP contribution >= 0.6 is 0 Å². The van der Waals surface area contributed by atoms with Crippen molar-refractivity contribution >= 4 is 11.9 Å². The summed E-state index contributed by atoms with van der Waals surface area (Å²) in [6.07, 6.45) is 7.08. The van der Waals surface area contributed by atoms with Crippen LogP contribution in [0.3, 0.4) is 0 Å². The molecular formula is C16H27NO4. The van der Waals surface area contributed by atoms with Crippen LogP contribution < -0.4 is 0 Å². The molecule has 5 heteroatoms. The van der Waals surface area contributed by atoms with Crippen molar-refractivity contribution in [3.63, 3.8) is 0 Å². The van der Waals surface area contributed by atoms with E-state index < -0.39 is 12.1 Å². The van der Waals surface area contributed by atoms with Gasteiger partial charge in [0.1, 0.15) is 0 Å². The van der Waals surface area contributed by atoms with Gasteiger partial charge < -0.3 is 14.7 Å². The van der Waals surface area contributed by atoms with Gasteiger partial charge in [-0.2, -0.15) is 0 Å². The minimum Gasteiger partial charge on any atom is -0.479 e. The molecule has 1 amide bonds. The first kappa shape index (κ1) is 16.3. The predicted molar refractivity (Wildman–Crippen MR) is 78.9 cm³/mol.